The van der Waals surface area contributed by atoms with Gasteiger partial charge in [0, 0.05) is 36.6 Å². The van der Waals surface area contributed by atoms with Gasteiger partial charge in [-0.05, 0) is 33.1 Å². The minimum absolute atomic E-state index is 0.0196. The largest absolute Gasteiger partial charge is 0.353 e. The highest BCUT2D eigenvalue weighted by atomic mass is 32.2. The fourth-order valence-corrected chi connectivity index (χ4v) is 3.46. The van der Waals surface area contributed by atoms with Gasteiger partial charge in [0.05, 0.1) is 5.75 Å². The van der Waals surface area contributed by atoms with Crippen molar-refractivity contribution in [1.29, 1.82) is 0 Å². The molecule has 8 N–H and O–H groups in total. The maximum Gasteiger partial charge on any atom is 0.322 e. The molecule has 0 bridgehead atoms. The number of rotatable bonds is 12. The summed E-state index contributed by atoms with van der Waals surface area (Å²) in [6.45, 7) is 3.01. The predicted molar refractivity (Wildman–Crippen MR) is 135 cm³/mol. The van der Waals surface area contributed by atoms with Gasteiger partial charge in [-0.3, -0.25) is 29.6 Å². The summed E-state index contributed by atoms with van der Waals surface area (Å²) in [7, 11) is -4.30. The number of unbranched alkanes of at least 4 members (excludes halogenated alkanes) is 1. The van der Waals surface area contributed by atoms with Gasteiger partial charge >= 0.3 is 12.1 Å². The monoisotopic (exact) mass is 555 g/mol. The first kappa shape index (κ1) is 29.9. The fraction of sp³-hybridized carbons (Fsp3) is 0.450. The molecule has 18 heteroatoms. The lowest BCUT2D eigenvalue weighted by molar-refractivity contribution is -0.122. The zero-order chi connectivity index (χ0) is 28.3. The first-order chi connectivity index (χ1) is 17.8. The van der Waals surface area contributed by atoms with Crippen LogP contribution in [0.4, 0.5) is 21.5 Å². The van der Waals surface area contributed by atoms with Crippen LogP contribution in [0.2, 0.25) is 0 Å². The van der Waals surface area contributed by atoms with Crippen molar-refractivity contribution >= 4 is 40.0 Å². The topological polar surface area (TPSA) is 257 Å². The van der Waals surface area contributed by atoms with Crippen molar-refractivity contribution in [2.45, 2.75) is 39.2 Å². The van der Waals surface area contributed by atoms with Crippen molar-refractivity contribution in [3.63, 3.8) is 0 Å². The average Bonchev–Trinajstić information content (AvgIpc) is 2.75. The van der Waals surface area contributed by atoms with Crippen LogP contribution in [0.25, 0.3) is 0 Å². The SMILES string of the molecule is Cc1cc(=O)nc(NC(=O)NCCCCC(NC(=O)Nc2nc(=O)cc(C)[nH]2)C(=O)NCCS(=O)(=O)O)[nH]1. The van der Waals surface area contributed by atoms with Crippen LogP contribution in [0.3, 0.4) is 0 Å². The number of H-pyrrole nitrogens is 2. The second kappa shape index (κ2) is 13.8. The van der Waals surface area contributed by atoms with Gasteiger partial charge in [-0.25, -0.2) is 9.59 Å². The summed E-state index contributed by atoms with van der Waals surface area (Å²) in [6, 6.07) is -0.104. The maximum atomic E-state index is 12.5. The van der Waals surface area contributed by atoms with Crippen LogP contribution in [0, 0.1) is 13.8 Å². The lowest BCUT2D eigenvalue weighted by atomic mass is 10.1. The molecule has 0 aromatic carbocycles. The van der Waals surface area contributed by atoms with E-state index >= 15 is 0 Å². The highest BCUT2D eigenvalue weighted by Gasteiger charge is 2.21. The van der Waals surface area contributed by atoms with Gasteiger partial charge in [0.25, 0.3) is 21.2 Å². The zero-order valence-electron chi connectivity index (χ0n) is 20.6. The first-order valence-corrected chi connectivity index (χ1v) is 12.9. The van der Waals surface area contributed by atoms with Crippen molar-refractivity contribution < 1.29 is 27.4 Å². The van der Waals surface area contributed by atoms with E-state index in [1.54, 1.807) is 13.8 Å². The van der Waals surface area contributed by atoms with Crippen LogP contribution < -0.4 is 37.7 Å². The Labute approximate surface area is 216 Å². The summed E-state index contributed by atoms with van der Waals surface area (Å²) in [5.74, 6) is -1.59. The predicted octanol–water partition coefficient (Wildman–Crippen LogP) is -1.04. The molecule has 0 aliphatic rings. The number of hydrogen-bond donors (Lipinski definition) is 8. The summed E-state index contributed by atoms with van der Waals surface area (Å²) in [6.07, 6.45) is 0.824. The third-order valence-corrected chi connectivity index (χ3v) is 5.43. The van der Waals surface area contributed by atoms with Gasteiger partial charge < -0.3 is 25.9 Å². The quantitative estimate of drug-likeness (QED) is 0.116. The van der Waals surface area contributed by atoms with Gasteiger partial charge in [-0.1, -0.05) is 0 Å². The number of aryl methyl sites for hydroxylation is 2. The van der Waals surface area contributed by atoms with Gasteiger partial charge in [0.15, 0.2) is 0 Å². The summed E-state index contributed by atoms with van der Waals surface area (Å²) in [5.41, 5.74) is -0.140. The molecule has 0 aliphatic heterocycles. The molecule has 38 heavy (non-hydrogen) atoms. The van der Waals surface area contributed by atoms with Crippen molar-refractivity contribution in [2.24, 2.45) is 0 Å². The van der Waals surface area contributed by atoms with Gasteiger partial charge in [-0.2, -0.15) is 18.4 Å². The number of aromatic amines is 2. The van der Waals surface area contributed by atoms with Crippen LogP contribution in [0.5, 0.6) is 0 Å². The third-order valence-electron chi connectivity index (χ3n) is 4.71. The second-order valence-electron chi connectivity index (χ2n) is 8.11. The Morgan fingerprint density at radius 3 is 1.97 bits per heavy atom. The summed E-state index contributed by atoms with van der Waals surface area (Å²) >= 11 is 0. The Morgan fingerprint density at radius 1 is 0.895 bits per heavy atom. The number of amides is 5. The van der Waals surface area contributed by atoms with E-state index in [4.69, 9.17) is 4.55 Å². The molecule has 5 amide bonds. The van der Waals surface area contributed by atoms with Gasteiger partial charge in [0.1, 0.15) is 6.04 Å². The maximum absolute atomic E-state index is 12.5. The molecule has 2 heterocycles. The van der Waals surface area contributed by atoms with E-state index in [1.165, 1.54) is 12.1 Å². The molecule has 17 nitrogen and oxygen atoms in total. The Kier molecular flexibility index (Phi) is 10.9. The highest BCUT2D eigenvalue weighted by Crippen LogP contribution is 2.03. The van der Waals surface area contributed by atoms with E-state index in [-0.39, 0.29) is 31.4 Å². The molecule has 0 aliphatic carbocycles. The van der Waals surface area contributed by atoms with Crippen molar-refractivity contribution in [1.82, 2.24) is 35.9 Å². The summed E-state index contributed by atoms with van der Waals surface area (Å²) < 4.78 is 30.6. The van der Waals surface area contributed by atoms with Crippen molar-refractivity contribution in [3.05, 3.63) is 44.2 Å². The van der Waals surface area contributed by atoms with E-state index in [2.05, 4.69) is 46.5 Å². The smallest absolute Gasteiger partial charge is 0.322 e. The van der Waals surface area contributed by atoms with Gasteiger partial charge in [-0.15, -0.1) is 0 Å². The molecular formula is C20H29N9O8S. The normalized spacial score (nSPS) is 11.8. The molecule has 0 saturated carbocycles. The third kappa shape index (κ3) is 11.6. The van der Waals surface area contributed by atoms with E-state index in [1.807, 2.05) is 0 Å². The summed E-state index contributed by atoms with van der Waals surface area (Å²) in [5, 5.41) is 12.0. The molecule has 1 unspecified atom stereocenters. The number of nitrogens with zero attached hydrogens (tertiary/aromatic N) is 2. The Bertz CT molecular complexity index is 1370. The molecule has 0 radical (unpaired) electrons. The van der Waals surface area contributed by atoms with Crippen molar-refractivity contribution in [3.8, 4) is 0 Å². The second-order valence-corrected chi connectivity index (χ2v) is 9.68. The lowest BCUT2D eigenvalue weighted by Crippen LogP contribution is -2.49. The van der Waals surface area contributed by atoms with Crippen LogP contribution >= 0.6 is 0 Å². The number of urea groups is 2. The number of aromatic nitrogens is 4. The standard InChI is InChI=1S/C20H29N9O8S/c1-11-9-14(30)26-17(23-11)28-19(33)22-6-4-3-5-13(16(32)21-7-8-38(35,36)37)25-20(34)29-18-24-12(2)10-15(31)27-18/h9-10,13H,3-8H2,1-2H3,(H,21,32)(H,35,36,37)(H3,22,23,26,28,30,33)(H3,24,25,27,29,31,34). The minimum atomic E-state index is -4.30. The Hall–Kier alpha value is -4.32. The zero-order valence-corrected chi connectivity index (χ0v) is 21.4. The lowest BCUT2D eigenvalue weighted by Gasteiger charge is -2.18. The number of carbonyl (C=O) groups is 3. The molecule has 0 spiro atoms. The number of carbonyl (C=O) groups excluding carboxylic acids is 3. The summed E-state index contributed by atoms with van der Waals surface area (Å²) in [4.78, 5) is 72.4. The van der Waals surface area contributed by atoms with Crippen molar-refractivity contribution in [2.75, 3.05) is 29.5 Å². The van der Waals surface area contributed by atoms with Crippen LogP contribution in [-0.4, -0.2) is 75.8 Å². The number of hydrogen-bond acceptors (Lipinski definition) is 9. The number of anilines is 2. The number of nitrogens with one attached hydrogen (secondary N) is 7. The molecular weight excluding hydrogens is 526 g/mol. The van der Waals surface area contributed by atoms with E-state index in [0.29, 0.717) is 24.2 Å². The molecule has 2 aromatic rings. The van der Waals surface area contributed by atoms with Crippen LogP contribution in [-0.2, 0) is 14.9 Å². The fourth-order valence-electron chi connectivity index (χ4n) is 3.10. The molecule has 208 valence electrons. The molecule has 0 saturated heterocycles. The molecule has 2 rings (SSSR count). The average molecular weight is 556 g/mol. The first-order valence-electron chi connectivity index (χ1n) is 11.3. The Balaban J connectivity index is 1.89. The van der Waals surface area contributed by atoms with E-state index in [9.17, 15) is 32.4 Å². The minimum Gasteiger partial charge on any atom is -0.353 e. The van der Waals surface area contributed by atoms with Crippen LogP contribution in [0.15, 0.2) is 21.7 Å². The molecule has 2 aromatic heterocycles. The molecule has 1 atom stereocenters. The van der Waals surface area contributed by atoms with Gasteiger partial charge in [0.2, 0.25) is 17.8 Å². The van der Waals surface area contributed by atoms with E-state index in [0.717, 1.165) is 0 Å². The molecule has 0 fully saturated rings. The van der Waals surface area contributed by atoms with E-state index < -0.39 is 51.0 Å². The van der Waals surface area contributed by atoms with Crippen LogP contribution in [0.1, 0.15) is 30.7 Å². The Morgan fingerprint density at radius 2 is 1.45 bits per heavy atom. The highest BCUT2D eigenvalue weighted by molar-refractivity contribution is 7.85.